The Morgan fingerprint density at radius 2 is 2.04 bits per heavy atom. The van der Waals surface area contributed by atoms with Gasteiger partial charge in [-0.05, 0) is 44.2 Å². The number of ether oxygens (including phenoxy) is 1. The Balaban J connectivity index is 0.00000243. The van der Waals surface area contributed by atoms with E-state index < -0.39 is 6.09 Å². The summed E-state index contributed by atoms with van der Waals surface area (Å²) in [4.78, 5) is 21.9. The molecule has 0 saturated heterocycles. The van der Waals surface area contributed by atoms with E-state index in [1.807, 2.05) is 24.3 Å². The number of likely N-dealkylation sites (N-methyl/N-ethyl adjacent to an activating group) is 1. The minimum absolute atomic E-state index is 0. The standard InChI is InChI=1S/C18H20ClN3O2S.ClH/c1-3-21(4-2)10-11-24-18(23)22-14-8-7-13(19)12-16(14)25-15-6-5-9-20-17(15)22;/h5-9,12H,3-4,10-11H2,1-2H3;1H. The molecule has 0 bridgehead atoms. The lowest BCUT2D eigenvalue weighted by Crippen LogP contribution is -3.11. The lowest BCUT2D eigenvalue weighted by atomic mass is 10.2. The third-order valence-electron chi connectivity index (χ3n) is 4.21. The predicted octanol–water partition coefficient (Wildman–Crippen LogP) is 0.403. The van der Waals surface area contributed by atoms with Crippen LogP contribution in [0.3, 0.4) is 0 Å². The van der Waals surface area contributed by atoms with Gasteiger partial charge in [-0.2, -0.15) is 0 Å². The predicted molar refractivity (Wildman–Crippen MR) is 100 cm³/mol. The zero-order valence-corrected chi connectivity index (χ0v) is 17.0. The first-order chi connectivity index (χ1) is 12.1. The number of hydrogen-bond acceptors (Lipinski definition) is 4. The summed E-state index contributed by atoms with van der Waals surface area (Å²) in [6, 6.07) is 9.26. The van der Waals surface area contributed by atoms with Crippen molar-refractivity contribution in [2.45, 2.75) is 23.6 Å². The van der Waals surface area contributed by atoms with E-state index in [-0.39, 0.29) is 12.4 Å². The highest BCUT2D eigenvalue weighted by atomic mass is 35.5. The molecule has 0 saturated carbocycles. The van der Waals surface area contributed by atoms with Crippen molar-refractivity contribution in [1.29, 1.82) is 0 Å². The van der Waals surface area contributed by atoms with Crippen molar-refractivity contribution in [2.24, 2.45) is 0 Å². The maximum atomic E-state index is 12.8. The SMILES string of the molecule is CC[NH+](CC)CCOC(=O)N1c2ccc(Cl)cc2Sc2cccnc21.[Cl-]. The topological polar surface area (TPSA) is 46.9 Å². The van der Waals surface area contributed by atoms with E-state index in [9.17, 15) is 4.79 Å². The van der Waals surface area contributed by atoms with Crippen molar-refractivity contribution in [1.82, 2.24) is 4.98 Å². The van der Waals surface area contributed by atoms with Crippen LogP contribution in [0.25, 0.3) is 0 Å². The average Bonchev–Trinajstić information content (AvgIpc) is 2.63. The van der Waals surface area contributed by atoms with E-state index in [1.54, 1.807) is 24.0 Å². The molecule has 1 amide bonds. The van der Waals surface area contributed by atoms with Gasteiger partial charge in [-0.3, -0.25) is 0 Å². The fraction of sp³-hybridized carbons (Fsp3) is 0.333. The molecule has 8 heteroatoms. The number of carbonyl (C=O) groups is 1. The Bertz CT molecular complexity index is 772. The maximum absolute atomic E-state index is 12.8. The fourth-order valence-electron chi connectivity index (χ4n) is 2.75. The van der Waals surface area contributed by atoms with Gasteiger partial charge in [0.1, 0.15) is 13.2 Å². The average molecular weight is 414 g/mol. The molecule has 140 valence electrons. The van der Waals surface area contributed by atoms with Crippen molar-refractivity contribution < 1.29 is 26.8 Å². The van der Waals surface area contributed by atoms with E-state index in [4.69, 9.17) is 16.3 Å². The van der Waals surface area contributed by atoms with Crippen LogP contribution in [-0.2, 0) is 4.74 Å². The number of amides is 1. The summed E-state index contributed by atoms with van der Waals surface area (Å²) in [5.74, 6) is 0.600. The third-order valence-corrected chi connectivity index (χ3v) is 5.53. The molecule has 1 aliphatic rings. The van der Waals surface area contributed by atoms with E-state index in [1.165, 1.54) is 9.80 Å². The van der Waals surface area contributed by atoms with Gasteiger partial charge in [0.05, 0.1) is 23.7 Å². The normalized spacial score (nSPS) is 12.2. The van der Waals surface area contributed by atoms with Crippen LogP contribution in [0.4, 0.5) is 16.3 Å². The Morgan fingerprint density at radius 1 is 1.27 bits per heavy atom. The molecule has 0 fully saturated rings. The Kier molecular flexibility index (Phi) is 7.58. The van der Waals surface area contributed by atoms with Gasteiger partial charge >= 0.3 is 6.09 Å². The molecule has 1 aromatic heterocycles. The monoisotopic (exact) mass is 413 g/mol. The Morgan fingerprint density at radius 3 is 2.77 bits per heavy atom. The zero-order chi connectivity index (χ0) is 17.8. The number of pyridine rings is 1. The first-order valence-corrected chi connectivity index (χ1v) is 9.56. The summed E-state index contributed by atoms with van der Waals surface area (Å²) in [5.41, 5.74) is 0.751. The van der Waals surface area contributed by atoms with Gasteiger partial charge in [0.25, 0.3) is 0 Å². The Hall–Kier alpha value is -1.47. The van der Waals surface area contributed by atoms with Gasteiger partial charge in [0, 0.05) is 16.1 Å². The largest absolute Gasteiger partial charge is 1.00 e. The summed E-state index contributed by atoms with van der Waals surface area (Å²) in [7, 11) is 0. The second-order valence-corrected chi connectivity index (χ2v) is 7.22. The van der Waals surface area contributed by atoms with E-state index in [2.05, 4.69) is 18.8 Å². The van der Waals surface area contributed by atoms with Crippen molar-refractivity contribution in [3.05, 3.63) is 41.6 Å². The van der Waals surface area contributed by atoms with Gasteiger partial charge in [0.2, 0.25) is 0 Å². The Labute approximate surface area is 169 Å². The number of quaternary nitrogens is 1. The molecule has 2 heterocycles. The van der Waals surface area contributed by atoms with Crippen LogP contribution in [0, 0.1) is 0 Å². The highest BCUT2D eigenvalue weighted by molar-refractivity contribution is 7.99. The second kappa shape index (κ2) is 9.46. The maximum Gasteiger partial charge on any atom is 0.420 e. The van der Waals surface area contributed by atoms with Crippen LogP contribution < -0.4 is 22.2 Å². The number of nitrogens with one attached hydrogen (secondary N) is 1. The number of carbonyl (C=O) groups excluding carboxylic acids is 1. The van der Waals surface area contributed by atoms with Gasteiger partial charge < -0.3 is 22.0 Å². The van der Waals surface area contributed by atoms with Crippen molar-refractivity contribution >= 4 is 41.0 Å². The summed E-state index contributed by atoms with van der Waals surface area (Å²) < 4.78 is 5.54. The van der Waals surface area contributed by atoms with Crippen molar-refractivity contribution in [2.75, 3.05) is 31.1 Å². The van der Waals surface area contributed by atoms with Crippen LogP contribution >= 0.6 is 23.4 Å². The van der Waals surface area contributed by atoms with Gasteiger partial charge in [-0.25, -0.2) is 14.7 Å². The molecular formula is C18H21Cl2N3O2S. The second-order valence-electron chi connectivity index (χ2n) is 5.70. The first-order valence-electron chi connectivity index (χ1n) is 8.37. The number of fused-ring (bicyclic) bond motifs is 2. The van der Waals surface area contributed by atoms with E-state index >= 15 is 0 Å². The highest BCUT2D eigenvalue weighted by Gasteiger charge is 2.30. The first kappa shape index (κ1) is 20.8. The molecule has 0 atom stereocenters. The molecule has 0 aliphatic carbocycles. The fourth-order valence-corrected chi connectivity index (χ4v) is 4.06. The van der Waals surface area contributed by atoms with Crippen molar-refractivity contribution in [3.63, 3.8) is 0 Å². The van der Waals surface area contributed by atoms with Crippen LogP contribution in [-0.4, -0.2) is 37.3 Å². The molecule has 0 unspecified atom stereocenters. The van der Waals surface area contributed by atoms with Crippen LogP contribution in [0.2, 0.25) is 5.02 Å². The number of nitrogens with zero attached hydrogens (tertiary/aromatic N) is 2. The van der Waals surface area contributed by atoms with Crippen LogP contribution in [0.15, 0.2) is 46.3 Å². The summed E-state index contributed by atoms with van der Waals surface area (Å²) in [6.07, 6.45) is 1.27. The van der Waals surface area contributed by atoms with Gasteiger partial charge in [0.15, 0.2) is 5.82 Å². The quantitative estimate of drug-likeness (QED) is 0.770. The molecule has 0 radical (unpaired) electrons. The number of benzene rings is 1. The van der Waals surface area contributed by atoms with Gasteiger partial charge in [-0.15, -0.1) is 0 Å². The molecule has 1 aromatic carbocycles. The lowest BCUT2D eigenvalue weighted by molar-refractivity contribution is -0.896. The number of halogens is 2. The molecule has 1 aliphatic heterocycles. The summed E-state index contributed by atoms with van der Waals surface area (Å²) in [6.45, 7) is 7.46. The molecule has 1 N–H and O–H groups in total. The van der Waals surface area contributed by atoms with Crippen molar-refractivity contribution in [3.8, 4) is 0 Å². The number of hydrogen-bond donors (Lipinski definition) is 1. The number of rotatable bonds is 5. The number of aromatic nitrogens is 1. The molecule has 2 aromatic rings. The lowest BCUT2D eigenvalue weighted by Gasteiger charge is -2.29. The smallest absolute Gasteiger partial charge is 0.420 e. The van der Waals surface area contributed by atoms with E-state index in [0.29, 0.717) is 17.4 Å². The van der Waals surface area contributed by atoms with Crippen LogP contribution in [0.1, 0.15) is 13.8 Å². The zero-order valence-electron chi connectivity index (χ0n) is 14.7. The molecule has 5 nitrogen and oxygen atoms in total. The summed E-state index contributed by atoms with van der Waals surface area (Å²) >= 11 is 7.67. The molecule has 0 spiro atoms. The van der Waals surface area contributed by atoms with Crippen LogP contribution in [0.5, 0.6) is 0 Å². The minimum Gasteiger partial charge on any atom is -1.00 e. The molecular weight excluding hydrogens is 393 g/mol. The van der Waals surface area contributed by atoms with Gasteiger partial charge in [-0.1, -0.05) is 23.4 Å². The molecule has 26 heavy (non-hydrogen) atoms. The third kappa shape index (κ3) is 4.43. The molecule has 3 rings (SSSR count). The summed E-state index contributed by atoms with van der Waals surface area (Å²) in [5, 5.41) is 0.636. The minimum atomic E-state index is -0.407. The number of anilines is 2. The van der Waals surface area contributed by atoms with E-state index in [0.717, 1.165) is 35.1 Å². The highest BCUT2D eigenvalue weighted by Crippen LogP contribution is 2.47.